The van der Waals surface area contributed by atoms with Crippen molar-refractivity contribution >= 4 is 23.9 Å². The van der Waals surface area contributed by atoms with Crippen LogP contribution in [0.15, 0.2) is 58.0 Å². The van der Waals surface area contributed by atoms with Crippen LogP contribution in [0.1, 0.15) is 78.4 Å². The van der Waals surface area contributed by atoms with E-state index in [1.54, 1.807) is 38.3 Å². The minimum Gasteiger partial charge on any atom is -0.472 e. The first kappa shape index (κ1) is 31.9. The number of hydrogen-bond acceptors (Lipinski definition) is 11. The van der Waals surface area contributed by atoms with E-state index in [0.717, 1.165) is 0 Å². The van der Waals surface area contributed by atoms with Crippen molar-refractivity contribution in [3.05, 3.63) is 59.1 Å². The number of fused-ring (bicyclic) bond motifs is 6. The van der Waals surface area contributed by atoms with Crippen molar-refractivity contribution in [3.8, 4) is 0 Å². The zero-order valence-electron chi connectivity index (χ0n) is 27.6. The van der Waals surface area contributed by atoms with Crippen molar-refractivity contribution in [2.45, 2.75) is 96.9 Å². The number of ether oxygens (including phenoxy) is 5. The number of esters is 4. The van der Waals surface area contributed by atoms with Gasteiger partial charge < -0.3 is 33.2 Å². The van der Waals surface area contributed by atoms with Gasteiger partial charge in [0, 0.05) is 39.4 Å². The number of carbonyl (C=O) groups excluding carboxylic acids is 4. The van der Waals surface area contributed by atoms with Gasteiger partial charge in [0.25, 0.3) is 5.79 Å². The molecule has 1 N–H and O–H groups in total. The fourth-order valence-electron chi connectivity index (χ4n) is 9.62. The van der Waals surface area contributed by atoms with Gasteiger partial charge in [0.1, 0.15) is 6.10 Å². The van der Waals surface area contributed by atoms with Gasteiger partial charge in [-0.15, -0.1) is 0 Å². The van der Waals surface area contributed by atoms with E-state index in [0.29, 0.717) is 54.4 Å². The molecule has 0 radical (unpaired) electrons. The van der Waals surface area contributed by atoms with Gasteiger partial charge >= 0.3 is 23.9 Å². The molecule has 11 nitrogen and oxygen atoms in total. The smallest absolute Gasteiger partial charge is 0.335 e. The summed E-state index contributed by atoms with van der Waals surface area (Å²) < 4.78 is 36.0. The van der Waals surface area contributed by atoms with Gasteiger partial charge in [0.15, 0.2) is 12.2 Å². The van der Waals surface area contributed by atoms with E-state index in [4.69, 9.17) is 28.1 Å². The second-order valence-electron chi connectivity index (χ2n) is 14.8. The van der Waals surface area contributed by atoms with Crippen molar-refractivity contribution in [2.24, 2.45) is 34.0 Å². The van der Waals surface area contributed by atoms with E-state index in [2.05, 4.69) is 0 Å². The van der Waals surface area contributed by atoms with Crippen LogP contribution in [0.4, 0.5) is 0 Å². The molecular formula is C36H42O11. The summed E-state index contributed by atoms with van der Waals surface area (Å²) in [5.74, 6) is -5.91. The molecular weight excluding hydrogens is 608 g/mol. The van der Waals surface area contributed by atoms with E-state index in [9.17, 15) is 24.3 Å². The number of aliphatic hydroxyl groups excluding tert-OH is 1. The highest BCUT2D eigenvalue weighted by atomic mass is 16.7. The summed E-state index contributed by atoms with van der Waals surface area (Å²) in [7, 11) is 1.22. The predicted octanol–water partition coefficient (Wildman–Crippen LogP) is 4.65. The summed E-state index contributed by atoms with van der Waals surface area (Å²) in [5.41, 5.74) is -0.351. The van der Waals surface area contributed by atoms with Crippen LogP contribution in [0, 0.1) is 34.0 Å². The van der Waals surface area contributed by atoms with E-state index in [1.165, 1.54) is 19.4 Å². The average Bonchev–Trinajstić information content (AvgIpc) is 3.72. The van der Waals surface area contributed by atoms with Crippen LogP contribution in [0.5, 0.6) is 0 Å². The summed E-state index contributed by atoms with van der Waals surface area (Å²) >= 11 is 0. The first-order valence-electron chi connectivity index (χ1n) is 16.4. The highest BCUT2D eigenvalue weighted by molar-refractivity contribution is 5.88. The maximum absolute atomic E-state index is 13.6. The first-order chi connectivity index (χ1) is 22.2. The van der Waals surface area contributed by atoms with E-state index < -0.39 is 76.2 Å². The fraction of sp³-hybridized carbons (Fsp3) is 0.611. The number of allylic oxidation sites excluding steroid dienone is 2. The lowest BCUT2D eigenvalue weighted by Crippen LogP contribution is -2.62. The van der Waals surface area contributed by atoms with E-state index >= 15 is 0 Å². The van der Waals surface area contributed by atoms with Gasteiger partial charge in [-0.3, -0.25) is 4.79 Å². The molecule has 1 saturated heterocycles. The van der Waals surface area contributed by atoms with Gasteiger partial charge in [0.05, 0.1) is 31.7 Å². The Morgan fingerprint density at radius 2 is 1.89 bits per heavy atom. The van der Waals surface area contributed by atoms with Crippen molar-refractivity contribution in [2.75, 3.05) is 7.11 Å². The van der Waals surface area contributed by atoms with E-state index in [1.807, 2.05) is 20.8 Å². The molecule has 3 aliphatic heterocycles. The maximum Gasteiger partial charge on any atom is 0.335 e. The van der Waals surface area contributed by atoms with Crippen LogP contribution in [0.25, 0.3) is 0 Å². The minimum absolute atomic E-state index is 0.311. The molecule has 1 aromatic rings. The molecule has 3 aliphatic carbocycles. The van der Waals surface area contributed by atoms with Crippen molar-refractivity contribution in [1.29, 1.82) is 0 Å². The molecule has 0 amide bonds. The Morgan fingerprint density at radius 3 is 2.53 bits per heavy atom. The number of aliphatic hydroxyl groups is 1. The number of furan rings is 1. The molecule has 10 atom stereocenters. The lowest BCUT2D eigenvalue weighted by molar-refractivity contribution is -0.305. The topological polar surface area (TPSA) is 148 Å². The molecule has 3 saturated carbocycles. The third-order valence-electron chi connectivity index (χ3n) is 12.2. The number of hydrogen-bond donors (Lipinski definition) is 1. The average molecular weight is 651 g/mol. The molecule has 0 spiro atoms. The molecule has 47 heavy (non-hydrogen) atoms. The Morgan fingerprint density at radius 1 is 1.15 bits per heavy atom. The Hall–Kier alpha value is -3.70. The number of carbonyl (C=O) groups is 4. The maximum atomic E-state index is 13.6. The largest absolute Gasteiger partial charge is 0.472 e. The molecule has 7 rings (SSSR count). The van der Waals surface area contributed by atoms with Crippen LogP contribution in [0.3, 0.4) is 0 Å². The summed E-state index contributed by atoms with van der Waals surface area (Å²) in [6, 6.07) is 1.77. The standard InChI is InChI=1S/C36H42O11/c1-7-18(2)29(39)45-32-34(4)16-24-35(5,27(34)26(38)31(41)42-6)22-10-12-33(3)23(14-25(37)44-28(33)20-11-13-43-17-20)21(22)15-36(32,46-24)47-30(40)19-8-9-19/h7,11,13-15,17,19,22,24,26-28,32,38H,8-10,12,16H2,1-6H3/b18-7+/t22-,24-,26+,27+,28-,32-,33+,34+,35-,36+/m0/s1. The Balaban J connectivity index is 1.49. The predicted molar refractivity (Wildman–Crippen MR) is 163 cm³/mol. The highest BCUT2D eigenvalue weighted by Crippen LogP contribution is 2.73. The zero-order chi connectivity index (χ0) is 33.7. The molecule has 4 heterocycles. The SMILES string of the molecule is C/C=C(\C)C(=O)O[C@@H]1[C@]2(OC(=O)C3CC3)C=C3C4=CC(=O)O[C@@H](c5ccoc5)[C@]4(C)CC[C@@H]3[C@@]3(C)[C@H](C[C@]1(C)[C@H]3[C@@H](O)C(=O)OC)O2. The summed E-state index contributed by atoms with van der Waals surface area (Å²) in [6.45, 7) is 9.21. The second kappa shape index (κ2) is 10.7. The molecule has 252 valence electrons. The fourth-order valence-corrected chi connectivity index (χ4v) is 9.62. The molecule has 11 heteroatoms. The zero-order valence-corrected chi connectivity index (χ0v) is 27.6. The van der Waals surface area contributed by atoms with Crippen LogP contribution in [0.2, 0.25) is 0 Å². The number of rotatable bonds is 7. The molecule has 0 unspecified atom stereocenters. The molecule has 0 aromatic carbocycles. The quantitative estimate of drug-likeness (QED) is 0.250. The lowest BCUT2D eigenvalue weighted by Gasteiger charge is -2.55. The number of methoxy groups -OCH3 is 1. The Bertz CT molecular complexity index is 1620. The van der Waals surface area contributed by atoms with Gasteiger partial charge in [-0.05, 0) is 75.2 Å². The first-order valence-corrected chi connectivity index (χ1v) is 16.4. The van der Waals surface area contributed by atoms with Gasteiger partial charge in [0.2, 0.25) is 0 Å². The lowest BCUT2D eigenvalue weighted by atomic mass is 9.51. The minimum atomic E-state index is -1.91. The van der Waals surface area contributed by atoms with Crippen molar-refractivity contribution in [3.63, 3.8) is 0 Å². The van der Waals surface area contributed by atoms with Crippen LogP contribution >= 0.6 is 0 Å². The van der Waals surface area contributed by atoms with Gasteiger partial charge in [-0.2, -0.15) is 0 Å². The van der Waals surface area contributed by atoms with Gasteiger partial charge in [-0.1, -0.05) is 26.8 Å². The third kappa shape index (κ3) is 4.45. The monoisotopic (exact) mass is 650 g/mol. The normalized spacial score (nSPS) is 41.0. The number of cyclic esters (lactones) is 1. The van der Waals surface area contributed by atoms with Crippen molar-refractivity contribution in [1.82, 2.24) is 0 Å². The Kier molecular flexibility index (Phi) is 7.22. The third-order valence-corrected chi connectivity index (χ3v) is 12.2. The Labute approximate surface area is 273 Å². The molecule has 6 aliphatic rings. The van der Waals surface area contributed by atoms with Crippen LogP contribution < -0.4 is 0 Å². The second-order valence-corrected chi connectivity index (χ2v) is 14.8. The van der Waals surface area contributed by atoms with Crippen LogP contribution in [-0.2, 0) is 42.9 Å². The van der Waals surface area contributed by atoms with Gasteiger partial charge in [-0.25, -0.2) is 14.4 Å². The van der Waals surface area contributed by atoms with E-state index in [-0.39, 0.29) is 11.8 Å². The van der Waals surface area contributed by atoms with Crippen molar-refractivity contribution < 1.29 is 52.4 Å². The molecule has 3 bridgehead atoms. The summed E-state index contributed by atoms with van der Waals surface area (Å²) in [4.78, 5) is 53.7. The highest BCUT2D eigenvalue weighted by Gasteiger charge is 2.78. The van der Waals surface area contributed by atoms with Crippen LogP contribution in [-0.4, -0.2) is 60.2 Å². The molecule has 4 fully saturated rings. The summed E-state index contributed by atoms with van der Waals surface area (Å²) in [5, 5.41) is 11.9. The summed E-state index contributed by atoms with van der Waals surface area (Å²) in [6.07, 6.45) is 6.63. The molecule has 1 aromatic heterocycles.